The van der Waals surface area contributed by atoms with Crippen molar-refractivity contribution in [2.24, 2.45) is 0 Å². The van der Waals surface area contributed by atoms with Gasteiger partial charge >= 0.3 is 0 Å². The highest BCUT2D eigenvalue weighted by atomic mass is 16.5. The van der Waals surface area contributed by atoms with Gasteiger partial charge in [0.25, 0.3) is 0 Å². The standard InChI is InChI=1S/C15H21N3O2/c19-10-3-11-20-12-6-8-18(9-7-12)15-16-13-4-1-2-5-14(13)17-15/h1-2,4-5,12,19H,3,6-11H2,(H,16,17). The Bertz CT molecular complexity index is 514. The minimum absolute atomic E-state index is 0.206. The van der Waals surface area contributed by atoms with E-state index in [-0.39, 0.29) is 6.61 Å². The molecular weight excluding hydrogens is 254 g/mol. The van der Waals surface area contributed by atoms with Gasteiger partial charge in [-0.05, 0) is 31.4 Å². The zero-order valence-corrected chi connectivity index (χ0v) is 11.6. The fourth-order valence-corrected chi connectivity index (χ4v) is 2.64. The van der Waals surface area contributed by atoms with Crippen molar-refractivity contribution in [3.8, 4) is 0 Å². The van der Waals surface area contributed by atoms with Crippen molar-refractivity contribution in [2.45, 2.75) is 25.4 Å². The molecule has 1 aliphatic rings. The molecule has 1 aromatic carbocycles. The molecule has 0 amide bonds. The molecule has 1 saturated heterocycles. The molecule has 0 atom stereocenters. The van der Waals surface area contributed by atoms with E-state index in [1.165, 1.54) is 0 Å². The first-order valence-electron chi connectivity index (χ1n) is 7.29. The van der Waals surface area contributed by atoms with E-state index in [2.05, 4.69) is 20.9 Å². The number of nitrogens with one attached hydrogen (secondary N) is 1. The van der Waals surface area contributed by atoms with Crippen molar-refractivity contribution in [1.29, 1.82) is 0 Å². The summed E-state index contributed by atoms with van der Waals surface area (Å²) in [5, 5.41) is 8.75. The first-order valence-corrected chi connectivity index (χ1v) is 7.29. The number of para-hydroxylation sites is 2. The van der Waals surface area contributed by atoms with Gasteiger partial charge in [0.15, 0.2) is 0 Å². The van der Waals surface area contributed by atoms with Crippen molar-refractivity contribution >= 4 is 17.0 Å². The van der Waals surface area contributed by atoms with E-state index in [1.807, 2.05) is 18.2 Å². The average molecular weight is 275 g/mol. The third-order valence-corrected chi connectivity index (χ3v) is 3.77. The molecule has 0 aliphatic carbocycles. The maximum atomic E-state index is 8.75. The Hall–Kier alpha value is -1.59. The van der Waals surface area contributed by atoms with E-state index < -0.39 is 0 Å². The molecule has 108 valence electrons. The molecule has 0 unspecified atom stereocenters. The summed E-state index contributed by atoms with van der Waals surface area (Å²) in [6.45, 7) is 2.79. The Balaban J connectivity index is 1.57. The lowest BCUT2D eigenvalue weighted by molar-refractivity contribution is 0.0292. The van der Waals surface area contributed by atoms with Crippen LogP contribution in [0.5, 0.6) is 0 Å². The number of fused-ring (bicyclic) bond motifs is 1. The molecule has 2 aromatic rings. The zero-order chi connectivity index (χ0) is 13.8. The van der Waals surface area contributed by atoms with Crippen LogP contribution in [0.25, 0.3) is 11.0 Å². The maximum absolute atomic E-state index is 8.75. The van der Waals surface area contributed by atoms with Crippen molar-refractivity contribution in [3.05, 3.63) is 24.3 Å². The second-order valence-corrected chi connectivity index (χ2v) is 5.21. The Labute approximate surface area is 118 Å². The number of hydrogen-bond acceptors (Lipinski definition) is 4. The Morgan fingerprint density at radius 3 is 2.85 bits per heavy atom. The number of imidazole rings is 1. The van der Waals surface area contributed by atoms with Gasteiger partial charge in [-0.2, -0.15) is 0 Å². The molecule has 2 heterocycles. The van der Waals surface area contributed by atoms with Crippen LogP contribution >= 0.6 is 0 Å². The molecule has 1 aliphatic heterocycles. The van der Waals surface area contributed by atoms with Crippen LogP contribution in [0.2, 0.25) is 0 Å². The highest BCUT2D eigenvalue weighted by Crippen LogP contribution is 2.21. The molecule has 0 spiro atoms. The van der Waals surface area contributed by atoms with Gasteiger partial charge < -0.3 is 19.7 Å². The summed E-state index contributed by atoms with van der Waals surface area (Å²) in [6.07, 6.45) is 3.08. The smallest absolute Gasteiger partial charge is 0.203 e. The van der Waals surface area contributed by atoms with E-state index in [1.54, 1.807) is 0 Å². The minimum atomic E-state index is 0.206. The first-order chi connectivity index (χ1) is 9.86. The molecular formula is C15H21N3O2. The highest BCUT2D eigenvalue weighted by molar-refractivity contribution is 5.77. The second kappa shape index (κ2) is 6.24. The molecule has 2 N–H and O–H groups in total. The van der Waals surface area contributed by atoms with Gasteiger partial charge in [0, 0.05) is 26.3 Å². The largest absolute Gasteiger partial charge is 0.396 e. The van der Waals surface area contributed by atoms with E-state index in [9.17, 15) is 0 Å². The Morgan fingerprint density at radius 1 is 1.30 bits per heavy atom. The van der Waals surface area contributed by atoms with Crippen LogP contribution in [0, 0.1) is 0 Å². The lowest BCUT2D eigenvalue weighted by Gasteiger charge is -2.31. The fraction of sp³-hybridized carbons (Fsp3) is 0.533. The number of aromatic amines is 1. The number of piperidine rings is 1. The summed E-state index contributed by atoms with van der Waals surface area (Å²) >= 11 is 0. The SMILES string of the molecule is OCCCOC1CCN(c2nc3ccccc3[nH]2)CC1. The van der Waals surface area contributed by atoms with Crippen LogP contribution < -0.4 is 4.90 Å². The summed E-state index contributed by atoms with van der Waals surface area (Å²) in [4.78, 5) is 10.3. The van der Waals surface area contributed by atoms with E-state index in [0.29, 0.717) is 12.7 Å². The summed E-state index contributed by atoms with van der Waals surface area (Å²) in [5.74, 6) is 0.958. The van der Waals surface area contributed by atoms with Crippen molar-refractivity contribution in [2.75, 3.05) is 31.2 Å². The molecule has 0 saturated carbocycles. The molecule has 1 fully saturated rings. The lowest BCUT2D eigenvalue weighted by Crippen LogP contribution is -2.37. The van der Waals surface area contributed by atoms with Crippen molar-refractivity contribution in [1.82, 2.24) is 9.97 Å². The van der Waals surface area contributed by atoms with Gasteiger partial charge in [0.05, 0.1) is 17.1 Å². The number of anilines is 1. The number of ether oxygens (including phenoxy) is 1. The summed E-state index contributed by atoms with van der Waals surface area (Å²) in [7, 11) is 0. The van der Waals surface area contributed by atoms with E-state index in [4.69, 9.17) is 9.84 Å². The van der Waals surface area contributed by atoms with Gasteiger partial charge in [-0.15, -0.1) is 0 Å². The van der Waals surface area contributed by atoms with Gasteiger partial charge in [0.2, 0.25) is 5.95 Å². The predicted octanol–water partition coefficient (Wildman–Crippen LogP) is 1.93. The van der Waals surface area contributed by atoms with Gasteiger partial charge in [-0.25, -0.2) is 4.98 Å². The number of aromatic nitrogens is 2. The molecule has 20 heavy (non-hydrogen) atoms. The van der Waals surface area contributed by atoms with Crippen LogP contribution in [0.1, 0.15) is 19.3 Å². The number of aliphatic hydroxyl groups excluding tert-OH is 1. The topological polar surface area (TPSA) is 61.4 Å². The number of aliphatic hydroxyl groups is 1. The monoisotopic (exact) mass is 275 g/mol. The normalized spacial score (nSPS) is 16.9. The first kappa shape index (κ1) is 13.4. The van der Waals surface area contributed by atoms with Crippen molar-refractivity contribution in [3.63, 3.8) is 0 Å². The molecule has 5 nitrogen and oxygen atoms in total. The van der Waals surface area contributed by atoms with Crippen molar-refractivity contribution < 1.29 is 9.84 Å². The van der Waals surface area contributed by atoms with Gasteiger partial charge in [0.1, 0.15) is 0 Å². The number of H-pyrrole nitrogens is 1. The van der Waals surface area contributed by atoms with E-state index >= 15 is 0 Å². The lowest BCUT2D eigenvalue weighted by atomic mass is 10.1. The predicted molar refractivity (Wildman–Crippen MR) is 79.0 cm³/mol. The minimum Gasteiger partial charge on any atom is -0.396 e. The van der Waals surface area contributed by atoms with Gasteiger partial charge in [-0.3, -0.25) is 0 Å². The number of nitrogens with zero attached hydrogens (tertiary/aromatic N) is 2. The average Bonchev–Trinajstić information content (AvgIpc) is 2.92. The fourth-order valence-electron chi connectivity index (χ4n) is 2.64. The number of benzene rings is 1. The zero-order valence-electron chi connectivity index (χ0n) is 11.6. The highest BCUT2D eigenvalue weighted by Gasteiger charge is 2.21. The quantitative estimate of drug-likeness (QED) is 0.819. The van der Waals surface area contributed by atoms with Crippen LogP contribution in [-0.2, 0) is 4.74 Å². The summed E-state index contributed by atoms with van der Waals surface area (Å²) in [6, 6.07) is 8.11. The summed E-state index contributed by atoms with van der Waals surface area (Å²) in [5.41, 5.74) is 2.10. The number of hydrogen-bond donors (Lipinski definition) is 2. The molecule has 5 heteroatoms. The third kappa shape index (κ3) is 2.94. The van der Waals surface area contributed by atoms with Crippen LogP contribution in [0.3, 0.4) is 0 Å². The molecule has 0 radical (unpaired) electrons. The van der Waals surface area contributed by atoms with Crippen LogP contribution in [-0.4, -0.2) is 47.5 Å². The summed E-state index contributed by atoms with van der Waals surface area (Å²) < 4.78 is 5.75. The Morgan fingerprint density at radius 2 is 2.10 bits per heavy atom. The van der Waals surface area contributed by atoms with Crippen LogP contribution in [0.15, 0.2) is 24.3 Å². The molecule has 0 bridgehead atoms. The number of rotatable bonds is 5. The van der Waals surface area contributed by atoms with E-state index in [0.717, 1.165) is 49.3 Å². The Kier molecular flexibility index (Phi) is 4.18. The molecule has 3 rings (SSSR count). The maximum Gasteiger partial charge on any atom is 0.203 e. The van der Waals surface area contributed by atoms with Crippen LogP contribution in [0.4, 0.5) is 5.95 Å². The van der Waals surface area contributed by atoms with Gasteiger partial charge in [-0.1, -0.05) is 12.1 Å². The second-order valence-electron chi connectivity index (χ2n) is 5.21. The third-order valence-electron chi connectivity index (χ3n) is 3.77. The molecule has 1 aromatic heterocycles.